The number of benzene rings is 3. The Balaban J connectivity index is 1.66. The first-order chi connectivity index (χ1) is 18.4. The number of fused-ring (bicyclic) bond motifs is 1. The number of hydrogen-bond donors (Lipinski definition) is 2. The van der Waals surface area contributed by atoms with E-state index in [4.69, 9.17) is 9.47 Å². The first kappa shape index (κ1) is 25.0. The van der Waals surface area contributed by atoms with Crippen LogP contribution in [0.15, 0.2) is 93.9 Å². The molecule has 38 heavy (non-hydrogen) atoms. The highest BCUT2D eigenvalue weighted by atomic mass is 32.1. The number of aromatic nitrogens is 1. The summed E-state index contributed by atoms with van der Waals surface area (Å²) in [5.74, 6) is 0.637. The number of carbonyl (C=O) groups is 1. The first-order valence-electron chi connectivity index (χ1n) is 11.8. The fourth-order valence-corrected chi connectivity index (χ4v) is 5.43. The molecule has 1 amide bonds. The second kappa shape index (κ2) is 10.4. The Morgan fingerprint density at radius 2 is 1.79 bits per heavy atom. The lowest BCUT2D eigenvalue weighted by Crippen LogP contribution is -2.40. The monoisotopic (exact) mass is 527 g/mol. The molecule has 0 unspecified atom stereocenters. The normalized spacial score (nSPS) is 15.0. The highest BCUT2D eigenvalue weighted by Crippen LogP contribution is 2.32. The second-order valence-corrected chi connectivity index (χ2v) is 9.62. The van der Waals surface area contributed by atoms with Gasteiger partial charge < -0.3 is 19.9 Å². The molecular formula is C29H25N3O5S. The third-order valence-electron chi connectivity index (χ3n) is 6.23. The third-order valence-corrected chi connectivity index (χ3v) is 7.21. The van der Waals surface area contributed by atoms with E-state index >= 15 is 0 Å². The summed E-state index contributed by atoms with van der Waals surface area (Å²) in [6.07, 6.45) is 1.69. The van der Waals surface area contributed by atoms with Gasteiger partial charge >= 0.3 is 0 Å². The number of ether oxygens (including phenoxy) is 2. The maximum absolute atomic E-state index is 13.8. The molecular weight excluding hydrogens is 502 g/mol. The Labute approximate surface area is 222 Å². The summed E-state index contributed by atoms with van der Waals surface area (Å²) in [5.41, 5.74) is 2.63. The number of allylic oxidation sites excluding steroid dienone is 1. The van der Waals surface area contributed by atoms with E-state index in [1.807, 2.05) is 30.3 Å². The maximum Gasteiger partial charge on any atom is 0.271 e. The molecule has 1 aromatic heterocycles. The fraction of sp³-hybridized carbons (Fsp3) is 0.138. The van der Waals surface area contributed by atoms with Gasteiger partial charge in [-0.15, -0.1) is 0 Å². The number of thiazole rings is 1. The molecule has 3 aromatic carbocycles. The van der Waals surface area contributed by atoms with Crippen LogP contribution in [0.5, 0.6) is 17.2 Å². The minimum atomic E-state index is -0.702. The van der Waals surface area contributed by atoms with Gasteiger partial charge in [-0.05, 0) is 60.5 Å². The van der Waals surface area contributed by atoms with E-state index in [1.165, 1.54) is 24.5 Å². The number of methoxy groups -OCH3 is 2. The van der Waals surface area contributed by atoms with Gasteiger partial charge in [0.15, 0.2) is 16.3 Å². The van der Waals surface area contributed by atoms with E-state index in [9.17, 15) is 14.7 Å². The Morgan fingerprint density at radius 3 is 2.45 bits per heavy atom. The third kappa shape index (κ3) is 4.71. The lowest BCUT2D eigenvalue weighted by molar-refractivity contribution is -0.113. The minimum Gasteiger partial charge on any atom is -0.504 e. The Morgan fingerprint density at radius 1 is 1.05 bits per heavy atom. The lowest BCUT2D eigenvalue weighted by Gasteiger charge is -2.25. The van der Waals surface area contributed by atoms with Crippen molar-refractivity contribution in [2.75, 3.05) is 19.5 Å². The van der Waals surface area contributed by atoms with E-state index in [-0.39, 0.29) is 17.2 Å². The number of amides is 1. The van der Waals surface area contributed by atoms with Gasteiger partial charge in [0.1, 0.15) is 5.75 Å². The van der Waals surface area contributed by atoms with E-state index in [2.05, 4.69) is 10.3 Å². The highest BCUT2D eigenvalue weighted by molar-refractivity contribution is 7.07. The zero-order valence-corrected chi connectivity index (χ0v) is 21.8. The molecule has 4 aromatic rings. The zero-order valence-electron chi connectivity index (χ0n) is 21.0. The molecule has 0 aliphatic carbocycles. The maximum atomic E-state index is 13.8. The number of aromatic hydroxyl groups is 1. The summed E-state index contributed by atoms with van der Waals surface area (Å²) in [6, 6.07) is 20.6. The number of para-hydroxylation sites is 1. The molecule has 0 bridgehead atoms. The van der Waals surface area contributed by atoms with Crippen LogP contribution in [-0.2, 0) is 4.79 Å². The molecule has 9 heteroatoms. The van der Waals surface area contributed by atoms with Crippen LogP contribution in [0.3, 0.4) is 0 Å². The summed E-state index contributed by atoms with van der Waals surface area (Å²) in [7, 11) is 3.05. The van der Waals surface area contributed by atoms with Gasteiger partial charge in [0.05, 0.1) is 36.1 Å². The van der Waals surface area contributed by atoms with Crippen LogP contribution in [0.1, 0.15) is 24.1 Å². The number of rotatable bonds is 6. The molecule has 0 saturated carbocycles. The van der Waals surface area contributed by atoms with Gasteiger partial charge in [-0.1, -0.05) is 47.7 Å². The first-order valence-corrected chi connectivity index (χ1v) is 12.6. The number of hydrogen-bond acceptors (Lipinski definition) is 7. The van der Waals surface area contributed by atoms with Crippen LogP contribution >= 0.6 is 11.3 Å². The molecule has 1 aliphatic heterocycles. The van der Waals surface area contributed by atoms with E-state index in [0.29, 0.717) is 43.4 Å². The molecule has 192 valence electrons. The molecule has 2 heterocycles. The van der Waals surface area contributed by atoms with E-state index in [0.717, 1.165) is 5.56 Å². The molecule has 1 atom stereocenters. The van der Waals surface area contributed by atoms with Crippen molar-refractivity contribution in [1.29, 1.82) is 0 Å². The predicted octanol–water partition coefficient (Wildman–Crippen LogP) is 3.60. The van der Waals surface area contributed by atoms with Gasteiger partial charge in [0, 0.05) is 5.69 Å². The van der Waals surface area contributed by atoms with Gasteiger partial charge in [-0.3, -0.25) is 14.2 Å². The summed E-state index contributed by atoms with van der Waals surface area (Å²) >= 11 is 1.22. The lowest BCUT2D eigenvalue weighted by atomic mass is 9.95. The second-order valence-electron chi connectivity index (χ2n) is 8.61. The summed E-state index contributed by atoms with van der Waals surface area (Å²) in [4.78, 5) is 32.5. The van der Waals surface area contributed by atoms with Gasteiger partial charge in [-0.2, -0.15) is 0 Å². The largest absolute Gasteiger partial charge is 0.504 e. The van der Waals surface area contributed by atoms with E-state index < -0.39 is 6.04 Å². The van der Waals surface area contributed by atoms with Gasteiger partial charge in [0.25, 0.3) is 11.5 Å². The predicted molar refractivity (Wildman–Crippen MR) is 146 cm³/mol. The number of phenolic OH excluding ortho intramolecular Hbond substituents is 1. The quantitative estimate of drug-likeness (QED) is 0.399. The van der Waals surface area contributed by atoms with E-state index in [1.54, 1.807) is 61.1 Å². The fourth-order valence-electron chi connectivity index (χ4n) is 4.38. The molecule has 0 saturated heterocycles. The molecule has 8 nitrogen and oxygen atoms in total. The van der Waals surface area contributed by atoms with Crippen molar-refractivity contribution in [2.45, 2.75) is 13.0 Å². The van der Waals surface area contributed by atoms with Crippen LogP contribution < -0.4 is 29.7 Å². The Hall–Kier alpha value is -4.63. The van der Waals surface area contributed by atoms with Crippen molar-refractivity contribution in [1.82, 2.24) is 4.57 Å². The number of nitrogens with one attached hydrogen (secondary N) is 1. The molecule has 0 spiro atoms. The zero-order chi connectivity index (χ0) is 26.8. The van der Waals surface area contributed by atoms with Gasteiger partial charge in [0.2, 0.25) is 0 Å². The van der Waals surface area contributed by atoms with Crippen LogP contribution in [-0.4, -0.2) is 29.8 Å². The number of anilines is 1. The van der Waals surface area contributed by atoms with Crippen molar-refractivity contribution in [3.63, 3.8) is 0 Å². The summed E-state index contributed by atoms with van der Waals surface area (Å²) < 4.78 is 12.4. The molecule has 0 radical (unpaired) electrons. The topological polar surface area (TPSA) is 102 Å². The molecule has 2 N–H and O–H groups in total. The number of carbonyl (C=O) groups excluding carboxylic acids is 1. The SMILES string of the molecule is COc1ccc([C@@H]2C(C(=O)Nc3ccccc3)=C(C)N=c3s/c(=C/c4ccc(OC)c(O)c4)c(=O)n32)cc1. The molecule has 1 aliphatic rings. The van der Waals surface area contributed by atoms with Crippen molar-refractivity contribution in [3.05, 3.63) is 115 Å². The van der Waals surface area contributed by atoms with Crippen LogP contribution in [0.25, 0.3) is 6.08 Å². The molecule has 5 rings (SSSR count). The smallest absolute Gasteiger partial charge is 0.271 e. The van der Waals surface area contributed by atoms with Crippen LogP contribution in [0, 0.1) is 0 Å². The van der Waals surface area contributed by atoms with Crippen LogP contribution in [0.4, 0.5) is 5.69 Å². The average Bonchev–Trinajstić information content (AvgIpc) is 3.22. The summed E-state index contributed by atoms with van der Waals surface area (Å²) in [6.45, 7) is 1.77. The van der Waals surface area contributed by atoms with Crippen molar-refractivity contribution in [2.24, 2.45) is 4.99 Å². The summed E-state index contributed by atoms with van der Waals surface area (Å²) in [5, 5.41) is 13.1. The van der Waals surface area contributed by atoms with Crippen molar-refractivity contribution >= 4 is 29.0 Å². The average molecular weight is 528 g/mol. The minimum absolute atomic E-state index is 0.0270. The van der Waals surface area contributed by atoms with Crippen molar-refractivity contribution in [3.8, 4) is 17.2 Å². The highest BCUT2D eigenvalue weighted by Gasteiger charge is 2.32. The molecule has 0 fully saturated rings. The van der Waals surface area contributed by atoms with Gasteiger partial charge in [-0.25, -0.2) is 4.99 Å². The standard InChI is InChI=1S/C29H25N3O5S/c1-17-25(27(34)31-20-7-5-4-6-8-20)26(19-10-12-21(36-2)13-11-19)32-28(35)24(38-29(32)30-17)16-18-9-14-23(37-3)22(33)15-18/h4-16,26,33H,1-3H3,(H,31,34)/b24-16+/t26-/m1/s1. The number of nitrogens with zero attached hydrogens (tertiary/aromatic N) is 2. The van der Waals surface area contributed by atoms with Crippen LogP contribution in [0.2, 0.25) is 0 Å². The number of phenols is 1. The Kier molecular flexibility index (Phi) is 6.85. The Bertz CT molecular complexity index is 1720. The van der Waals surface area contributed by atoms with Crippen molar-refractivity contribution < 1.29 is 19.4 Å².